The highest BCUT2D eigenvalue weighted by Gasteiger charge is 2.47. The van der Waals surface area contributed by atoms with Crippen LogP contribution in [0.5, 0.6) is 0 Å². The fourth-order valence-corrected chi connectivity index (χ4v) is 3.83. The lowest BCUT2D eigenvalue weighted by Crippen LogP contribution is -2.51. The first-order valence-electron chi connectivity index (χ1n) is 7.55. The first-order valence-corrected chi connectivity index (χ1v) is 7.92. The van der Waals surface area contributed by atoms with Crippen LogP contribution in [0.25, 0.3) is 0 Å². The van der Waals surface area contributed by atoms with Gasteiger partial charge in [0.1, 0.15) is 5.15 Å². The number of halogens is 1. The minimum Gasteiger partial charge on any atom is -0.345 e. The molecule has 0 N–H and O–H groups in total. The molecule has 1 amide bonds. The highest BCUT2D eigenvalue weighted by molar-refractivity contribution is 6.30. The third-order valence-electron chi connectivity index (χ3n) is 4.90. The molecule has 3 rings (SSSR count). The molecule has 5 heteroatoms. The van der Waals surface area contributed by atoms with Crippen molar-refractivity contribution in [3.8, 4) is 0 Å². The van der Waals surface area contributed by atoms with E-state index in [4.69, 9.17) is 11.6 Å². The van der Waals surface area contributed by atoms with Gasteiger partial charge in [-0.3, -0.25) is 4.79 Å². The summed E-state index contributed by atoms with van der Waals surface area (Å²) in [5, 5.41) is 0.527. The standard InChI is InChI=1S/C16H22ClN3O/c1-11-9-12-10-19(2)8-6-16(13(12)18-14(11)17)5-4-7-20(3)15(16)21/h9H,4-8,10H2,1-3H3. The van der Waals surface area contributed by atoms with Crippen LogP contribution < -0.4 is 0 Å². The Hall–Kier alpha value is -1.13. The van der Waals surface area contributed by atoms with E-state index < -0.39 is 5.41 Å². The summed E-state index contributed by atoms with van der Waals surface area (Å²) in [5.41, 5.74) is 2.57. The third-order valence-corrected chi connectivity index (χ3v) is 5.28. The summed E-state index contributed by atoms with van der Waals surface area (Å²) in [4.78, 5) is 21.7. The molecule has 1 atom stereocenters. The smallest absolute Gasteiger partial charge is 0.234 e. The molecule has 21 heavy (non-hydrogen) atoms. The topological polar surface area (TPSA) is 36.4 Å². The van der Waals surface area contributed by atoms with Crippen LogP contribution in [0, 0.1) is 6.92 Å². The summed E-state index contributed by atoms with van der Waals surface area (Å²) in [6.07, 6.45) is 2.73. The molecule has 1 aromatic heterocycles. The Morgan fingerprint density at radius 3 is 2.81 bits per heavy atom. The zero-order chi connectivity index (χ0) is 15.2. The number of hydrogen-bond acceptors (Lipinski definition) is 3. The molecule has 1 unspecified atom stereocenters. The molecule has 0 radical (unpaired) electrons. The number of carbonyl (C=O) groups is 1. The summed E-state index contributed by atoms with van der Waals surface area (Å²) in [5.74, 6) is 0.206. The Morgan fingerprint density at radius 2 is 2.05 bits per heavy atom. The van der Waals surface area contributed by atoms with E-state index in [0.29, 0.717) is 5.15 Å². The number of aromatic nitrogens is 1. The maximum atomic E-state index is 12.9. The van der Waals surface area contributed by atoms with Crippen LogP contribution in [-0.4, -0.2) is 47.9 Å². The normalized spacial score (nSPS) is 26.9. The summed E-state index contributed by atoms with van der Waals surface area (Å²) < 4.78 is 0. The zero-order valence-corrected chi connectivity index (χ0v) is 13.7. The van der Waals surface area contributed by atoms with Gasteiger partial charge in [0.05, 0.1) is 11.1 Å². The Balaban J connectivity index is 2.19. The van der Waals surface area contributed by atoms with Crippen LogP contribution in [0.15, 0.2) is 6.07 Å². The van der Waals surface area contributed by atoms with Crippen molar-refractivity contribution in [3.63, 3.8) is 0 Å². The van der Waals surface area contributed by atoms with Crippen molar-refractivity contribution in [1.82, 2.24) is 14.8 Å². The zero-order valence-electron chi connectivity index (χ0n) is 12.9. The lowest BCUT2D eigenvalue weighted by atomic mass is 9.72. The quantitative estimate of drug-likeness (QED) is 0.691. The second kappa shape index (κ2) is 5.25. The van der Waals surface area contributed by atoms with E-state index in [1.165, 1.54) is 0 Å². The van der Waals surface area contributed by atoms with Crippen LogP contribution in [-0.2, 0) is 16.8 Å². The molecule has 114 valence electrons. The van der Waals surface area contributed by atoms with E-state index in [2.05, 4.69) is 23.0 Å². The van der Waals surface area contributed by atoms with Crippen molar-refractivity contribution in [2.24, 2.45) is 0 Å². The van der Waals surface area contributed by atoms with Gasteiger partial charge >= 0.3 is 0 Å². The van der Waals surface area contributed by atoms with E-state index in [0.717, 1.165) is 55.7 Å². The summed E-state index contributed by atoms with van der Waals surface area (Å²) in [6, 6.07) is 2.11. The van der Waals surface area contributed by atoms with E-state index in [-0.39, 0.29) is 5.91 Å². The maximum Gasteiger partial charge on any atom is 0.234 e. The fraction of sp³-hybridized carbons (Fsp3) is 0.625. The molecule has 3 heterocycles. The van der Waals surface area contributed by atoms with Crippen LogP contribution in [0.4, 0.5) is 0 Å². The predicted octanol–water partition coefficient (Wildman–Crippen LogP) is 2.37. The number of carbonyl (C=O) groups excluding carboxylic acids is 1. The molecule has 4 nitrogen and oxygen atoms in total. The number of hydrogen-bond donors (Lipinski definition) is 0. The number of nitrogens with zero attached hydrogens (tertiary/aromatic N) is 3. The van der Waals surface area contributed by atoms with Gasteiger partial charge in [0.15, 0.2) is 0 Å². The Kier molecular flexibility index (Phi) is 3.70. The number of rotatable bonds is 0. The van der Waals surface area contributed by atoms with E-state index in [1.54, 1.807) is 0 Å². The van der Waals surface area contributed by atoms with Gasteiger partial charge in [0.2, 0.25) is 5.91 Å². The van der Waals surface area contributed by atoms with Gasteiger partial charge in [-0.15, -0.1) is 0 Å². The van der Waals surface area contributed by atoms with Crippen molar-refractivity contribution in [2.45, 2.75) is 38.1 Å². The van der Waals surface area contributed by atoms with Crippen LogP contribution >= 0.6 is 11.6 Å². The maximum absolute atomic E-state index is 12.9. The number of fused-ring (bicyclic) bond motifs is 2. The monoisotopic (exact) mass is 307 g/mol. The van der Waals surface area contributed by atoms with Crippen molar-refractivity contribution < 1.29 is 4.79 Å². The third kappa shape index (κ3) is 2.34. The average molecular weight is 308 g/mol. The van der Waals surface area contributed by atoms with Crippen molar-refractivity contribution in [2.75, 3.05) is 27.2 Å². The second-order valence-electron chi connectivity index (χ2n) is 6.50. The van der Waals surface area contributed by atoms with Gasteiger partial charge < -0.3 is 9.80 Å². The molecule has 1 spiro atoms. The molecule has 1 fully saturated rings. The number of aryl methyl sites for hydroxylation is 1. The van der Waals surface area contributed by atoms with Crippen LogP contribution in [0.2, 0.25) is 5.15 Å². The number of likely N-dealkylation sites (N-methyl/N-ethyl adjacent to an activating group) is 1. The first kappa shape index (κ1) is 14.8. The predicted molar refractivity (Wildman–Crippen MR) is 83.5 cm³/mol. The lowest BCUT2D eigenvalue weighted by Gasteiger charge is -2.40. The van der Waals surface area contributed by atoms with Gasteiger partial charge in [0.25, 0.3) is 0 Å². The SMILES string of the molecule is Cc1cc2c(nc1Cl)C1(CCCN(C)C1=O)CCN(C)C2. The van der Waals surface area contributed by atoms with Gasteiger partial charge in [0, 0.05) is 20.1 Å². The van der Waals surface area contributed by atoms with Gasteiger partial charge in [-0.05, 0) is 57.0 Å². The number of pyridine rings is 1. The molecular formula is C16H22ClN3O. The molecular weight excluding hydrogens is 286 g/mol. The summed E-state index contributed by atoms with van der Waals surface area (Å²) >= 11 is 6.27. The van der Waals surface area contributed by atoms with Crippen molar-refractivity contribution >= 4 is 17.5 Å². The second-order valence-corrected chi connectivity index (χ2v) is 6.86. The molecule has 0 aromatic carbocycles. The molecule has 2 aliphatic heterocycles. The van der Waals surface area contributed by atoms with E-state index >= 15 is 0 Å². The first-order chi connectivity index (χ1) is 9.94. The van der Waals surface area contributed by atoms with Crippen LogP contribution in [0.3, 0.4) is 0 Å². The number of piperidine rings is 1. The Labute approximate surface area is 131 Å². The van der Waals surface area contributed by atoms with Crippen molar-refractivity contribution in [1.29, 1.82) is 0 Å². The molecule has 1 saturated heterocycles. The lowest BCUT2D eigenvalue weighted by molar-refractivity contribution is -0.139. The fourth-order valence-electron chi connectivity index (χ4n) is 3.70. The van der Waals surface area contributed by atoms with Gasteiger partial charge in [-0.1, -0.05) is 11.6 Å². The summed E-state index contributed by atoms with van der Waals surface area (Å²) in [6.45, 7) is 4.55. The van der Waals surface area contributed by atoms with Gasteiger partial charge in [-0.25, -0.2) is 4.98 Å². The Morgan fingerprint density at radius 1 is 1.29 bits per heavy atom. The van der Waals surface area contributed by atoms with Gasteiger partial charge in [-0.2, -0.15) is 0 Å². The minimum atomic E-state index is -0.482. The summed E-state index contributed by atoms with van der Waals surface area (Å²) in [7, 11) is 4.00. The van der Waals surface area contributed by atoms with Crippen LogP contribution in [0.1, 0.15) is 36.1 Å². The van der Waals surface area contributed by atoms with E-state index in [9.17, 15) is 4.79 Å². The highest BCUT2D eigenvalue weighted by Crippen LogP contribution is 2.41. The van der Waals surface area contributed by atoms with E-state index in [1.807, 2.05) is 18.9 Å². The van der Waals surface area contributed by atoms with Crippen molar-refractivity contribution in [3.05, 3.63) is 28.0 Å². The Bertz CT molecular complexity index is 589. The average Bonchev–Trinajstić information content (AvgIpc) is 2.56. The minimum absolute atomic E-state index is 0.206. The number of likely N-dealkylation sites (tertiary alicyclic amines) is 1. The largest absolute Gasteiger partial charge is 0.345 e. The molecule has 0 aliphatic carbocycles. The molecule has 2 aliphatic rings. The molecule has 0 bridgehead atoms. The molecule has 1 aromatic rings. The highest BCUT2D eigenvalue weighted by atomic mass is 35.5. The molecule has 0 saturated carbocycles. The number of amides is 1.